The van der Waals surface area contributed by atoms with Crippen molar-refractivity contribution < 1.29 is 14.6 Å². The van der Waals surface area contributed by atoms with Crippen molar-refractivity contribution in [3.05, 3.63) is 24.5 Å². The number of hydrogen-bond acceptors (Lipinski definition) is 4. The van der Waals surface area contributed by atoms with E-state index in [2.05, 4.69) is 10.3 Å². The van der Waals surface area contributed by atoms with Crippen LogP contribution in [-0.4, -0.2) is 34.8 Å². The minimum absolute atomic E-state index is 0.0705. The maximum Gasteiger partial charge on any atom is 0.220 e. The summed E-state index contributed by atoms with van der Waals surface area (Å²) < 4.78 is 5.48. The number of aliphatic hydroxyl groups excluding tert-OH is 1. The number of pyridine rings is 1. The predicted octanol–water partition coefficient (Wildman–Crippen LogP) is 1.66. The van der Waals surface area contributed by atoms with Gasteiger partial charge in [-0.3, -0.25) is 9.78 Å². The van der Waals surface area contributed by atoms with Crippen molar-refractivity contribution >= 4 is 5.91 Å². The van der Waals surface area contributed by atoms with Gasteiger partial charge in [-0.05, 0) is 44.2 Å². The second-order valence-electron chi connectivity index (χ2n) is 5.21. The van der Waals surface area contributed by atoms with Crippen LogP contribution in [0.1, 0.15) is 38.5 Å². The summed E-state index contributed by atoms with van der Waals surface area (Å²) in [6.45, 7) is 0.516. The fraction of sp³-hybridized carbons (Fsp3) is 0.600. The second kappa shape index (κ2) is 7.85. The quantitative estimate of drug-likeness (QED) is 0.776. The van der Waals surface area contributed by atoms with Gasteiger partial charge >= 0.3 is 0 Å². The zero-order chi connectivity index (χ0) is 14.2. The number of nitrogens with zero attached hydrogens (tertiary/aromatic N) is 1. The van der Waals surface area contributed by atoms with Crippen LogP contribution >= 0.6 is 0 Å². The SMILES string of the molecule is O=C(CCCOc1cccnc1)NC1CCC(O)CC1. The summed E-state index contributed by atoms with van der Waals surface area (Å²) >= 11 is 0. The first-order valence-corrected chi connectivity index (χ1v) is 7.24. The van der Waals surface area contributed by atoms with Crippen molar-refractivity contribution in [2.24, 2.45) is 0 Å². The Morgan fingerprint density at radius 3 is 2.90 bits per heavy atom. The van der Waals surface area contributed by atoms with Gasteiger partial charge in [0.25, 0.3) is 0 Å². The molecule has 0 radical (unpaired) electrons. The van der Waals surface area contributed by atoms with Gasteiger partial charge in [0, 0.05) is 18.7 Å². The molecule has 1 aromatic rings. The van der Waals surface area contributed by atoms with E-state index >= 15 is 0 Å². The van der Waals surface area contributed by atoms with Crippen molar-refractivity contribution in [3.8, 4) is 5.75 Å². The summed E-state index contributed by atoms with van der Waals surface area (Å²) in [6.07, 6.45) is 7.66. The summed E-state index contributed by atoms with van der Waals surface area (Å²) in [7, 11) is 0. The lowest BCUT2D eigenvalue weighted by atomic mass is 9.93. The lowest BCUT2D eigenvalue weighted by Crippen LogP contribution is -2.38. The van der Waals surface area contributed by atoms with E-state index in [1.165, 1.54) is 0 Å². The average molecular weight is 278 g/mol. The van der Waals surface area contributed by atoms with E-state index in [4.69, 9.17) is 4.74 Å². The van der Waals surface area contributed by atoms with Crippen molar-refractivity contribution in [1.82, 2.24) is 10.3 Å². The van der Waals surface area contributed by atoms with E-state index < -0.39 is 0 Å². The Hall–Kier alpha value is -1.62. The van der Waals surface area contributed by atoms with Crippen molar-refractivity contribution in [3.63, 3.8) is 0 Å². The Morgan fingerprint density at radius 1 is 1.40 bits per heavy atom. The Labute approximate surface area is 119 Å². The van der Waals surface area contributed by atoms with Crippen LogP contribution in [0.4, 0.5) is 0 Å². The van der Waals surface area contributed by atoms with Gasteiger partial charge < -0.3 is 15.2 Å². The Bertz CT molecular complexity index is 403. The van der Waals surface area contributed by atoms with Crippen molar-refractivity contribution in [2.45, 2.75) is 50.7 Å². The van der Waals surface area contributed by atoms with E-state index in [9.17, 15) is 9.90 Å². The molecule has 0 bridgehead atoms. The summed E-state index contributed by atoms with van der Waals surface area (Å²) in [5.74, 6) is 0.801. The topological polar surface area (TPSA) is 71.5 Å². The van der Waals surface area contributed by atoms with Gasteiger partial charge in [0.05, 0.1) is 18.9 Å². The molecule has 20 heavy (non-hydrogen) atoms. The molecule has 1 saturated carbocycles. The highest BCUT2D eigenvalue weighted by atomic mass is 16.5. The predicted molar refractivity (Wildman–Crippen MR) is 75.4 cm³/mol. The second-order valence-corrected chi connectivity index (χ2v) is 5.21. The number of ether oxygens (including phenoxy) is 1. The molecule has 0 spiro atoms. The van der Waals surface area contributed by atoms with Crippen LogP contribution in [0.5, 0.6) is 5.75 Å². The summed E-state index contributed by atoms with van der Waals surface area (Å²) in [6, 6.07) is 3.89. The number of aliphatic hydroxyl groups is 1. The van der Waals surface area contributed by atoms with Gasteiger partial charge in [-0.1, -0.05) is 0 Å². The fourth-order valence-electron chi connectivity index (χ4n) is 2.38. The first kappa shape index (κ1) is 14.8. The molecule has 2 N–H and O–H groups in total. The highest BCUT2D eigenvalue weighted by Crippen LogP contribution is 2.18. The van der Waals surface area contributed by atoms with Crippen LogP contribution < -0.4 is 10.1 Å². The van der Waals surface area contributed by atoms with Gasteiger partial charge in [0.1, 0.15) is 5.75 Å². The number of carbonyl (C=O) groups is 1. The Balaban J connectivity index is 1.56. The molecule has 5 nitrogen and oxygen atoms in total. The molecule has 0 unspecified atom stereocenters. The summed E-state index contributed by atoms with van der Waals surface area (Å²) in [4.78, 5) is 15.7. The van der Waals surface area contributed by atoms with E-state index in [0.717, 1.165) is 31.4 Å². The molecule has 110 valence electrons. The van der Waals surface area contributed by atoms with Gasteiger partial charge in [-0.15, -0.1) is 0 Å². The maximum atomic E-state index is 11.8. The number of rotatable bonds is 6. The zero-order valence-electron chi connectivity index (χ0n) is 11.6. The first-order chi connectivity index (χ1) is 9.74. The molecular formula is C15H22N2O3. The molecule has 0 aromatic carbocycles. The van der Waals surface area contributed by atoms with Crippen LogP contribution in [0.25, 0.3) is 0 Å². The van der Waals surface area contributed by atoms with Crippen LogP contribution in [0.15, 0.2) is 24.5 Å². The third-order valence-electron chi connectivity index (χ3n) is 3.51. The molecular weight excluding hydrogens is 256 g/mol. The van der Waals surface area contributed by atoms with Crippen LogP contribution in [0.3, 0.4) is 0 Å². The Kier molecular flexibility index (Phi) is 5.80. The van der Waals surface area contributed by atoms with E-state index in [1.54, 1.807) is 12.4 Å². The molecule has 1 fully saturated rings. The minimum Gasteiger partial charge on any atom is -0.492 e. The molecule has 1 aromatic heterocycles. The van der Waals surface area contributed by atoms with Gasteiger partial charge in [0.15, 0.2) is 0 Å². The molecule has 0 aliphatic heterocycles. The van der Waals surface area contributed by atoms with Crippen LogP contribution in [-0.2, 0) is 4.79 Å². The lowest BCUT2D eigenvalue weighted by molar-refractivity contribution is -0.122. The van der Waals surface area contributed by atoms with Gasteiger partial charge in [0.2, 0.25) is 5.91 Å². The highest BCUT2D eigenvalue weighted by molar-refractivity contribution is 5.76. The number of carbonyl (C=O) groups excluding carboxylic acids is 1. The van der Waals surface area contributed by atoms with Crippen molar-refractivity contribution in [1.29, 1.82) is 0 Å². The third-order valence-corrected chi connectivity index (χ3v) is 3.51. The molecule has 2 rings (SSSR count). The Morgan fingerprint density at radius 2 is 2.20 bits per heavy atom. The summed E-state index contributed by atoms with van der Waals surface area (Å²) in [5.41, 5.74) is 0. The zero-order valence-corrected chi connectivity index (χ0v) is 11.6. The average Bonchev–Trinajstić information content (AvgIpc) is 2.47. The number of nitrogens with one attached hydrogen (secondary N) is 1. The fourth-order valence-corrected chi connectivity index (χ4v) is 2.38. The number of amides is 1. The number of hydrogen-bond donors (Lipinski definition) is 2. The third kappa shape index (κ3) is 5.17. The highest BCUT2D eigenvalue weighted by Gasteiger charge is 2.20. The van der Waals surface area contributed by atoms with E-state index in [1.807, 2.05) is 12.1 Å². The monoisotopic (exact) mass is 278 g/mol. The van der Waals surface area contributed by atoms with E-state index in [-0.39, 0.29) is 18.1 Å². The maximum absolute atomic E-state index is 11.8. The molecule has 0 atom stereocenters. The molecule has 1 amide bonds. The molecule has 5 heteroatoms. The minimum atomic E-state index is -0.184. The summed E-state index contributed by atoms with van der Waals surface area (Å²) in [5, 5.41) is 12.4. The van der Waals surface area contributed by atoms with Crippen LogP contribution in [0.2, 0.25) is 0 Å². The first-order valence-electron chi connectivity index (χ1n) is 7.24. The van der Waals surface area contributed by atoms with Crippen molar-refractivity contribution in [2.75, 3.05) is 6.61 Å². The van der Waals surface area contributed by atoms with Gasteiger partial charge in [-0.25, -0.2) is 0 Å². The molecule has 1 heterocycles. The normalized spacial score (nSPS) is 22.2. The standard InChI is InChI=1S/C15H22N2O3/c18-13-7-5-12(6-8-13)17-15(19)4-2-10-20-14-3-1-9-16-11-14/h1,3,9,11-13,18H,2,4-8,10H2,(H,17,19). The van der Waals surface area contributed by atoms with E-state index in [0.29, 0.717) is 19.4 Å². The smallest absolute Gasteiger partial charge is 0.220 e. The lowest BCUT2D eigenvalue weighted by Gasteiger charge is -2.26. The largest absolute Gasteiger partial charge is 0.492 e. The van der Waals surface area contributed by atoms with Crippen LogP contribution in [0, 0.1) is 0 Å². The molecule has 1 aliphatic carbocycles. The molecule has 0 saturated heterocycles. The molecule has 1 aliphatic rings. The number of aromatic nitrogens is 1. The van der Waals surface area contributed by atoms with Gasteiger partial charge in [-0.2, -0.15) is 0 Å².